The average Bonchev–Trinajstić information content (AvgIpc) is 2.34. The number of hydrogen-bond acceptors (Lipinski definition) is 3. The van der Waals surface area contributed by atoms with Gasteiger partial charge < -0.3 is 5.32 Å². The van der Waals surface area contributed by atoms with Crippen LogP contribution in [0.3, 0.4) is 0 Å². The van der Waals surface area contributed by atoms with Crippen molar-refractivity contribution in [1.82, 2.24) is 10.2 Å². The summed E-state index contributed by atoms with van der Waals surface area (Å²) in [5.74, 6) is 2.50. The number of nitrogens with one attached hydrogen (secondary N) is 1. The molecule has 0 aliphatic heterocycles. The third kappa shape index (κ3) is 2.77. The van der Waals surface area contributed by atoms with Crippen LogP contribution in [0, 0.1) is 25.7 Å². The smallest absolute Gasteiger partial charge is 0.155 e. The molecule has 0 spiro atoms. The van der Waals surface area contributed by atoms with Crippen LogP contribution in [-0.2, 0) is 0 Å². The second kappa shape index (κ2) is 5.43. The van der Waals surface area contributed by atoms with Gasteiger partial charge in [-0.05, 0) is 56.1 Å². The highest BCUT2D eigenvalue weighted by Crippen LogP contribution is 2.31. The Morgan fingerprint density at radius 2 is 1.78 bits per heavy atom. The van der Waals surface area contributed by atoms with Crippen molar-refractivity contribution in [2.45, 2.75) is 53.0 Å². The molecule has 3 atom stereocenters. The van der Waals surface area contributed by atoms with Gasteiger partial charge >= 0.3 is 0 Å². The first-order valence-electron chi connectivity index (χ1n) is 6.75. The molecular formula is C14H22ClN3. The van der Waals surface area contributed by atoms with Crippen molar-refractivity contribution in [2.75, 3.05) is 5.32 Å². The van der Waals surface area contributed by atoms with Crippen LogP contribution in [0.4, 0.5) is 5.82 Å². The lowest BCUT2D eigenvalue weighted by molar-refractivity contribution is 0.260. The fourth-order valence-electron chi connectivity index (χ4n) is 2.59. The number of aromatic nitrogens is 2. The molecule has 0 bridgehead atoms. The van der Waals surface area contributed by atoms with Crippen LogP contribution >= 0.6 is 11.6 Å². The molecule has 18 heavy (non-hydrogen) atoms. The van der Waals surface area contributed by atoms with E-state index in [1.807, 2.05) is 13.8 Å². The van der Waals surface area contributed by atoms with Gasteiger partial charge in [-0.15, -0.1) is 10.2 Å². The summed E-state index contributed by atoms with van der Waals surface area (Å²) in [6.45, 7) is 8.72. The first kappa shape index (κ1) is 13.6. The Bertz CT molecular complexity index is 433. The summed E-state index contributed by atoms with van der Waals surface area (Å²) >= 11 is 5.97. The Kier molecular flexibility index (Phi) is 4.10. The van der Waals surface area contributed by atoms with Crippen LogP contribution in [0.2, 0.25) is 5.15 Å². The van der Waals surface area contributed by atoms with E-state index in [4.69, 9.17) is 11.6 Å². The first-order valence-corrected chi connectivity index (χ1v) is 7.12. The Morgan fingerprint density at radius 3 is 2.44 bits per heavy atom. The summed E-state index contributed by atoms with van der Waals surface area (Å²) < 4.78 is 0. The van der Waals surface area contributed by atoms with E-state index in [1.165, 1.54) is 19.3 Å². The molecule has 1 N–H and O–H groups in total. The molecule has 3 nitrogen and oxygen atoms in total. The van der Waals surface area contributed by atoms with Gasteiger partial charge in [-0.3, -0.25) is 0 Å². The van der Waals surface area contributed by atoms with E-state index in [0.29, 0.717) is 11.2 Å². The van der Waals surface area contributed by atoms with Crippen LogP contribution in [0.5, 0.6) is 0 Å². The molecule has 1 aromatic heterocycles. The van der Waals surface area contributed by atoms with E-state index in [1.54, 1.807) is 0 Å². The summed E-state index contributed by atoms with van der Waals surface area (Å²) in [5, 5.41) is 12.2. The topological polar surface area (TPSA) is 37.8 Å². The minimum Gasteiger partial charge on any atom is -0.366 e. The molecule has 4 heteroatoms. The second-order valence-corrected chi connectivity index (χ2v) is 6.06. The third-order valence-electron chi connectivity index (χ3n) is 4.40. The lowest BCUT2D eigenvalue weighted by atomic mass is 9.79. The average molecular weight is 268 g/mol. The van der Waals surface area contributed by atoms with Crippen LogP contribution < -0.4 is 5.32 Å². The Balaban J connectivity index is 2.08. The van der Waals surface area contributed by atoms with Crippen LogP contribution in [0.1, 0.15) is 44.2 Å². The SMILES string of the molecule is Cc1c(Cl)nnc(NC2CCC(C)C(C)C2)c1C. The fourth-order valence-corrected chi connectivity index (χ4v) is 2.76. The molecule has 0 saturated heterocycles. The predicted octanol–water partition coefficient (Wildman–Crippen LogP) is 3.98. The number of hydrogen-bond donors (Lipinski definition) is 1. The molecule has 1 aliphatic rings. The summed E-state index contributed by atoms with van der Waals surface area (Å²) in [6, 6.07) is 0.518. The zero-order valence-corrected chi connectivity index (χ0v) is 12.4. The van der Waals surface area contributed by atoms with Crippen molar-refractivity contribution in [3.05, 3.63) is 16.3 Å². The van der Waals surface area contributed by atoms with Gasteiger partial charge in [-0.25, -0.2) is 0 Å². The lowest BCUT2D eigenvalue weighted by Gasteiger charge is -2.33. The maximum Gasteiger partial charge on any atom is 0.155 e. The van der Waals surface area contributed by atoms with E-state index in [0.717, 1.165) is 28.8 Å². The van der Waals surface area contributed by atoms with Crippen molar-refractivity contribution in [3.8, 4) is 0 Å². The number of rotatable bonds is 2. The number of halogens is 1. The largest absolute Gasteiger partial charge is 0.366 e. The molecule has 100 valence electrons. The molecule has 1 aliphatic carbocycles. The van der Waals surface area contributed by atoms with Gasteiger partial charge in [0.25, 0.3) is 0 Å². The van der Waals surface area contributed by atoms with Crippen molar-refractivity contribution >= 4 is 17.4 Å². The van der Waals surface area contributed by atoms with Gasteiger partial charge in [0.1, 0.15) is 0 Å². The van der Waals surface area contributed by atoms with Gasteiger partial charge in [-0.1, -0.05) is 25.4 Å². The monoisotopic (exact) mass is 267 g/mol. The summed E-state index contributed by atoms with van der Waals surface area (Å²) in [4.78, 5) is 0. The zero-order chi connectivity index (χ0) is 13.3. The minimum absolute atomic E-state index is 0.503. The fraction of sp³-hybridized carbons (Fsp3) is 0.714. The molecular weight excluding hydrogens is 246 g/mol. The van der Waals surface area contributed by atoms with Gasteiger partial charge in [0.15, 0.2) is 11.0 Å². The quantitative estimate of drug-likeness (QED) is 0.881. The summed E-state index contributed by atoms with van der Waals surface area (Å²) in [6.07, 6.45) is 3.72. The summed E-state index contributed by atoms with van der Waals surface area (Å²) in [5.41, 5.74) is 2.13. The highest BCUT2D eigenvalue weighted by atomic mass is 35.5. The molecule has 0 radical (unpaired) electrons. The number of anilines is 1. The van der Waals surface area contributed by atoms with E-state index < -0.39 is 0 Å². The first-order chi connectivity index (χ1) is 8.49. The second-order valence-electron chi connectivity index (χ2n) is 5.70. The maximum atomic E-state index is 5.97. The molecule has 1 heterocycles. The summed E-state index contributed by atoms with van der Waals surface area (Å²) in [7, 11) is 0. The van der Waals surface area contributed by atoms with Gasteiger partial charge in [0.2, 0.25) is 0 Å². The minimum atomic E-state index is 0.503. The molecule has 1 saturated carbocycles. The number of nitrogens with zero attached hydrogens (tertiary/aromatic N) is 2. The van der Waals surface area contributed by atoms with E-state index in [9.17, 15) is 0 Å². The van der Waals surface area contributed by atoms with E-state index in [2.05, 4.69) is 29.4 Å². The molecule has 1 aromatic rings. The molecule has 0 amide bonds. The molecule has 2 rings (SSSR count). The Morgan fingerprint density at radius 1 is 1.06 bits per heavy atom. The van der Waals surface area contributed by atoms with Crippen molar-refractivity contribution in [1.29, 1.82) is 0 Å². The van der Waals surface area contributed by atoms with E-state index >= 15 is 0 Å². The molecule has 1 fully saturated rings. The van der Waals surface area contributed by atoms with Gasteiger partial charge in [0.05, 0.1) is 0 Å². The lowest BCUT2D eigenvalue weighted by Crippen LogP contribution is -2.31. The highest BCUT2D eigenvalue weighted by molar-refractivity contribution is 6.30. The molecule has 3 unspecified atom stereocenters. The van der Waals surface area contributed by atoms with Crippen LogP contribution in [0.25, 0.3) is 0 Å². The van der Waals surface area contributed by atoms with Gasteiger partial charge in [0, 0.05) is 6.04 Å². The highest BCUT2D eigenvalue weighted by Gasteiger charge is 2.25. The van der Waals surface area contributed by atoms with Crippen LogP contribution in [0.15, 0.2) is 0 Å². The zero-order valence-electron chi connectivity index (χ0n) is 11.6. The third-order valence-corrected chi connectivity index (χ3v) is 4.76. The Hall–Kier alpha value is -0.830. The van der Waals surface area contributed by atoms with Crippen molar-refractivity contribution < 1.29 is 0 Å². The Labute approximate surface area is 114 Å². The van der Waals surface area contributed by atoms with Crippen molar-refractivity contribution in [2.24, 2.45) is 11.8 Å². The van der Waals surface area contributed by atoms with Crippen molar-refractivity contribution in [3.63, 3.8) is 0 Å². The maximum absolute atomic E-state index is 5.97. The standard InChI is InChI=1S/C14H22ClN3/c1-8-5-6-12(7-9(8)2)16-14-11(4)10(3)13(15)17-18-14/h8-9,12H,5-7H2,1-4H3,(H,16,18). The normalized spacial score (nSPS) is 28.2. The van der Waals surface area contributed by atoms with Gasteiger partial charge in [-0.2, -0.15) is 0 Å². The molecule has 0 aromatic carbocycles. The van der Waals surface area contributed by atoms with E-state index in [-0.39, 0.29) is 0 Å². The van der Waals surface area contributed by atoms with Crippen LogP contribution in [-0.4, -0.2) is 16.2 Å². The predicted molar refractivity (Wildman–Crippen MR) is 76.1 cm³/mol.